The van der Waals surface area contributed by atoms with Gasteiger partial charge in [0.1, 0.15) is 0 Å². The van der Waals surface area contributed by atoms with Crippen LogP contribution >= 0.6 is 11.3 Å². The Morgan fingerprint density at radius 3 is 2.68 bits per heavy atom. The van der Waals surface area contributed by atoms with Gasteiger partial charge in [0.2, 0.25) is 17.6 Å². The number of hydrogen-bond acceptors (Lipinski definition) is 6. The lowest BCUT2D eigenvalue weighted by Crippen LogP contribution is -2.42. The highest BCUT2D eigenvalue weighted by atomic mass is 32.1. The predicted molar refractivity (Wildman–Crippen MR) is 110 cm³/mol. The highest BCUT2D eigenvalue weighted by molar-refractivity contribution is 7.13. The molecule has 1 aromatic carbocycles. The summed E-state index contributed by atoms with van der Waals surface area (Å²) in [6, 6.07) is 12.1. The molecule has 1 aliphatic heterocycles. The lowest BCUT2D eigenvalue weighted by Gasteiger charge is -2.30. The Hall–Kier alpha value is -2.67. The van der Waals surface area contributed by atoms with Crippen molar-refractivity contribution < 1.29 is 9.32 Å². The zero-order valence-corrected chi connectivity index (χ0v) is 16.8. The lowest BCUT2D eigenvalue weighted by atomic mass is 10.1. The molecule has 3 aromatic rings. The molecule has 2 aromatic heterocycles. The van der Waals surface area contributed by atoms with E-state index >= 15 is 0 Å². The number of anilines is 1. The Kier molecular flexibility index (Phi) is 5.71. The molecular weight excluding hydrogens is 372 g/mol. The molecule has 0 saturated carbocycles. The number of likely N-dealkylation sites (tertiary alicyclic amines) is 1. The summed E-state index contributed by atoms with van der Waals surface area (Å²) in [5.41, 5.74) is 2.16. The minimum absolute atomic E-state index is 0.151. The van der Waals surface area contributed by atoms with Gasteiger partial charge in [0.25, 0.3) is 0 Å². The number of carbonyl (C=O) groups excluding carboxylic acids is 1. The number of nitrogens with zero attached hydrogens (tertiary/aromatic N) is 4. The van der Waals surface area contributed by atoms with Crippen LogP contribution in [0.4, 0.5) is 5.69 Å². The van der Waals surface area contributed by atoms with Crippen molar-refractivity contribution in [3.05, 3.63) is 53.2 Å². The second kappa shape index (κ2) is 8.56. The molecule has 0 N–H and O–H groups in total. The third kappa shape index (κ3) is 4.42. The van der Waals surface area contributed by atoms with Gasteiger partial charge in [-0.15, -0.1) is 11.3 Å². The van der Waals surface area contributed by atoms with E-state index in [9.17, 15) is 4.79 Å². The average Bonchev–Trinajstić information content (AvgIpc) is 3.40. The van der Waals surface area contributed by atoms with Crippen molar-refractivity contribution in [3.63, 3.8) is 0 Å². The molecule has 7 heteroatoms. The number of thiophene rings is 1. The minimum Gasteiger partial charge on any atom is -0.353 e. The van der Waals surface area contributed by atoms with Gasteiger partial charge in [0.15, 0.2) is 0 Å². The van der Waals surface area contributed by atoms with E-state index in [0.29, 0.717) is 24.8 Å². The van der Waals surface area contributed by atoms with Crippen LogP contribution < -0.4 is 4.90 Å². The summed E-state index contributed by atoms with van der Waals surface area (Å²) in [5.74, 6) is 1.25. The van der Waals surface area contributed by atoms with Gasteiger partial charge in [-0.05, 0) is 49.8 Å². The van der Waals surface area contributed by atoms with Gasteiger partial charge >= 0.3 is 0 Å². The second-order valence-corrected chi connectivity index (χ2v) is 8.07. The van der Waals surface area contributed by atoms with Gasteiger partial charge in [-0.2, -0.15) is 4.98 Å². The molecule has 1 aliphatic rings. The monoisotopic (exact) mass is 396 g/mol. The summed E-state index contributed by atoms with van der Waals surface area (Å²) in [6.07, 6.45) is 3.38. The third-order valence-electron chi connectivity index (χ3n) is 4.97. The molecular formula is C21H24N4O2S. The first-order valence-corrected chi connectivity index (χ1v) is 10.5. The van der Waals surface area contributed by atoms with E-state index in [-0.39, 0.29) is 5.91 Å². The van der Waals surface area contributed by atoms with Gasteiger partial charge in [-0.3, -0.25) is 4.79 Å². The average molecular weight is 397 g/mol. The molecule has 0 spiro atoms. The van der Waals surface area contributed by atoms with E-state index in [4.69, 9.17) is 4.52 Å². The molecule has 1 amide bonds. The van der Waals surface area contributed by atoms with Crippen LogP contribution in [0.3, 0.4) is 0 Å². The van der Waals surface area contributed by atoms with Crippen LogP contribution in [0, 0.1) is 6.92 Å². The summed E-state index contributed by atoms with van der Waals surface area (Å²) in [5, 5.41) is 6.08. The summed E-state index contributed by atoms with van der Waals surface area (Å²) >= 11 is 1.58. The molecule has 0 bridgehead atoms. The van der Waals surface area contributed by atoms with E-state index < -0.39 is 0 Å². The summed E-state index contributed by atoms with van der Waals surface area (Å²) in [7, 11) is 0. The topological polar surface area (TPSA) is 62.5 Å². The zero-order valence-electron chi connectivity index (χ0n) is 16.0. The predicted octanol–water partition coefficient (Wildman–Crippen LogP) is 4.13. The number of rotatable bonds is 6. The maximum Gasteiger partial charge on any atom is 0.246 e. The quantitative estimate of drug-likeness (QED) is 0.627. The number of aromatic nitrogens is 2. The number of carbonyl (C=O) groups is 1. The lowest BCUT2D eigenvalue weighted by molar-refractivity contribution is -0.130. The van der Waals surface area contributed by atoms with E-state index in [2.05, 4.69) is 29.2 Å². The largest absolute Gasteiger partial charge is 0.353 e. The first-order valence-electron chi connectivity index (χ1n) is 9.65. The Balaban J connectivity index is 1.52. The normalized spacial score (nSPS) is 14.2. The summed E-state index contributed by atoms with van der Waals surface area (Å²) < 4.78 is 5.47. The molecule has 1 saturated heterocycles. The van der Waals surface area contributed by atoms with Crippen LogP contribution in [0.15, 0.2) is 46.3 Å². The molecule has 0 radical (unpaired) electrons. The van der Waals surface area contributed by atoms with Gasteiger partial charge in [0, 0.05) is 18.8 Å². The van der Waals surface area contributed by atoms with Gasteiger partial charge in [-0.1, -0.05) is 28.9 Å². The molecule has 0 aliphatic carbocycles. The van der Waals surface area contributed by atoms with Crippen molar-refractivity contribution in [1.29, 1.82) is 0 Å². The van der Waals surface area contributed by atoms with Crippen LogP contribution in [-0.2, 0) is 11.3 Å². The van der Waals surface area contributed by atoms with Crippen LogP contribution in [-0.4, -0.2) is 40.6 Å². The maximum absolute atomic E-state index is 12.9. The number of aryl methyl sites for hydroxylation is 1. The fourth-order valence-corrected chi connectivity index (χ4v) is 4.04. The van der Waals surface area contributed by atoms with Crippen molar-refractivity contribution in [1.82, 2.24) is 15.0 Å². The first-order chi connectivity index (χ1) is 13.7. The van der Waals surface area contributed by atoms with E-state index in [1.54, 1.807) is 11.3 Å². The Morgan fingerprint density at radius 2 is 1.96 bits per heavy atom. The highest BCUT2D eigenvalue weighted by Crippen LogP contribution is 2.23. The molecule has 0 atom stereocenters. The molecule has 28 heavy (non-hydrogen) atoms. The Morgan fingerprint density at radius 1 is 1.18 bits per heavy atom. The van der Waals surface area contributed by atoms with E-state index in [1.165, 1.54) is 12.0 Å². The SMILES string of the molecule is Cc1ccc(N(CC(=O)N2CCCCC2)Cc2nc(-c3cccs3)no2)cc1. The van der Waals surface area contributed by atoms with E-state index in [0.717, 1.165) is 36.5 Å². The molecule has 3 heterocycles. The van der Waals surface area contributed by atoms with Crippen LogP contribution in [0.2, 0.25) is 0 Å². The van der Waals surface area contributed by atoms with Gasteiger partial charge < -0.3 is 14.3 Å². The van der Waals surface area contributed by atoms with Gasteiger partial charge in [0.05, 0.1) is 18.0 Å². The van der Waals surface area contributed by atoms with Crippen molar-refractivity contribution in [3.8, 4) is 10.7 Å². The Labute approximate surface area is 168 Å². The van der Waals surface area contributed by atoms with Gasteiger partial charge in [-0.25, -0.2) is 0 Å². The zero-order chi connectivity index (χ0) is 19.3. The second-order valence-electron chi connectivity index (χ2n) is 7.12. The van der Waals surface area contributed by atoms with Crippen molar-refractivity contribution >= 4 is 22.9 Å². The molecule has 4 rings (SSSR count). The van der Waals surface area contributed by atoms with Crippen LogP contribution in [0.5, 0.6) is 0 Å². The molecule has 0 unspecified atom stereocenters. The standard InChI is InChI=1S/C21H24N4O2S/c1-16-7-9-17(10-8-16)25(15-20(26)24-11-3-2-4-12-24)14-19-22-21(23-27-19)18-6-5-13-28-18/h5-10,13H,2-4,11-12,14-15H2,1H3. The van der Waals surface area contributed by atoms with Crippen molar-refractivity contribution in [2.45, 2.75) is 32.7 Å². The Bertz CT molecular complexity index is 899. The van der Waals surface area contributed by atoms with Crippen molar-refractivity contribution in [2.24, 2.45) is 0 Å². The number of benzene rings is 1. The third-order valence-corrected chi connectivity index (χ3v) is 5.84. The summed E-state index contributed by atoms with van der Waals surface area (Å²) in [4.78, 5) is 22.3. The van der Waals surface area contributed by atoms with Crippen molar-refractivity contribution in [2.75, 3.05) is 24.5 Å². The minimum atomic E-state index is 0.151. The number of piperidine rings is 1. The molecule has 1 fully saturated rings. The summed E-state index contributed by atoms with van der Waals surface area (Å²) in [6.45, 7) is 4.46. The smallest absolute Gasteiger partial charge is 0.246 e. The first kappa shape index (κ1) is 18.7. The fraction of sp³-hybridized carbons (Fsp3) is 0.381. The van der Waals surface area contributed by atoms with Crippen LogP contribution in [0.1, 0.15) is 30.7 Å². The van der Waals surface area contributed by atoms with Crippen LogP contribution in [0.25, 0.3) is 10.7 Å². The number of amides is 1. The fourth-order valence-electron chi connectivity index (χ4n) is 3.39. The molecule has 146 valence electrons. The van der Waals surface area contributed by atoms with E-state index in [1.807, 2.05) is 39.4 Å². The maximum atomic E-state index is 12.9. The highest BCUT2D eigenvalue weighted by Gasteiger charge is 2.21. The number of hydrogen-bond donors (Lipinski definition) is 0. The molecule has 6 nitrogen and oxygen atoms in total.